The van der Waals surface area contributed by atoms with Gasteiger partial charge in [0, 0.05) is 0 Å². The quantitative estimate of drug-likeness (QED) is 0.0900. The van der Waals surface area contributed by atoms with E-state index in [1.54, 1.807) is 0 Å². The van der Waals surface area contributed by atoms with Crippen LogP contribution in [-0.4, -0.2) is 5.92 Å². The average Bonchev–Trinajstić information content (AvgIpc) is 3.90. The third kappa shape index (κ3) is 7.68. The molecular weight excluding hydrogens is 887 g/mol. The van der Waals surface area contributed by atoms with E-state index in [1.807, 2.05) is 0 Å². The van der Waals surface area contributed by atoms with Gasteiger partial charge in [-0.05, 0) is 0 Å². The summed E-state index contributed by atoms with van der Waals surface area (Å²) in [6.07, 6.45) is 11.5. The Bertz CT molecular complexity index is 2460. The number of halogens is 2. The van der Waals surface area contributed by atoms with E-state index < -0.39 is 21.5 Å². The van der Waals surface area contributed by atoms with Gasteiger partial charge in [0.2, 0.25) is 0 Å². The Balaban J connectivity index is 1.42. The summed E-state index contributed by atoms with van der Waals surface area (Å²) in [6, 6.07) is 49.9. The standard InChI is InChI=1S/2C28H29.C2H7Si.2ClH.Zr/c2*1-4-11-22-16-17-23-18-24(20(3)5-2)19-27(23)28(22)26-15-10-9-14-25(26)21-12-7-6-8-13-21;1-3-2;;;/h2*6-10,12-20H,4-5,11H2,1-3H3;3H,1-2H3;2*1H;/q;;;;;+2/p-2. The molecule has 0 saturated heterocycles. The van der Waals surface area contributed by atoms with E-state index in [-0.39, 0.29) is 7.25 Å². The molecule has 0 radical (unpaired) electrons. The first kappa shape index (κ1) is 45.1. The van der Waals surface area contributed by atoms with Gasteiger partial charge in [-0.1, -0.05) is 0 Å². The summed E-state index contributed by atoms with van der Waals surface area (Å²) in [5.74, 6) is -1.13. The van der Waals surface area contributed by atoms with Crippen LogP contribution in [0.25, 0.3) is 56.7 Å². The molecule has 4 unspecified atom stereocenters. The molecule has 0 aromatic heterocycles. The number of hydrogen-bond acceptors (Lipinski definition) is 0. The van der Waals surface area contributed by atoms with Crippen molar-refractivity contribution in [2.45, 2.75) is 100 Å². The van der Waals surface area contributed by atoms with Crippen LogP contribution in [0.3, 0.4) is 0 Å². The first-order valence-electron chi connectivity index (χ1n) is 23.6. The number of benzene rings is 6. The van der Waals surface area contributed by atoms with Gasteiger partial charge in [-0.15, -0.1) is 0 Å². The molecule has 2 aliphatic rings. The van der Waals surface area contributed by atoms with E-state index in [0.29, 0.717) is 11.8 Å². The predicted molar refractivity (Wildman–Crippen MR) is 274 cm³/mol. The number of rotatable bonds is 15. The molecule has 6 aromatic rings. The van der Waals surface area contributed by atoms with Crippen LogP contribution in [0.5, 0.6) is 0 Å². The van der Waals surface area contributed by atoms with Crippen LogP contribution in [-0.2, 0) is 28.4 Å². The molecule has 6 aromatic carbocycles. The summed E-state index contributed by atoms with van der Waals surface area (Å²) in [5.41, 5.74) is 21.6. The molecule has 0 saturated carbocycles. The van der Waals surface area contributed by atoms with Crippen LogP contribution in [0.2, 0.25) is 13.1 Å². The first-order valence-corrected chi connectivity index (χ1v) is 39.9. The Labute approximate surface area is 382 Å². The molecule has 0 spiro atoms. The Morgan fingerprint density at radius 3 is 1.18 bits per heavy atom. The van der Waals surface area contributed by atoms with Crippen LogP contribution in [0.1, 0.15) is 108 Å². The maximum absolute atomic E-state index is 9.20. The first-order chi connectivity index (χ1) is 30.0. The molecule has 0 bridgehead atoms. The summed E-state index contributed by atoms with van der Waals surface area (Å²) < 4.78 is 0.0435. The van der Waals surface area contributed by atoms with Crippen molar-refractivity contribution in [3.05, 3.63) is 178 Å². The summed E-state index contributed by atoms with van der Waals surface area (Å²) in [7, 11) is 18.4. The molecule has 4 heteroatoms. The number of hydrogen-bond donors (Lipinski definition) is 0. The van der Waals surface area contributed by atoms with Crippen LogP contribution in [0.4, 0.5) is 0 Å². The van der Waals surface area contributed by atoms with Gasteiger partial charge in [0.05, 0.1) is 0 Å². The minimum absolute atomic E-state index is 0.0217. The fourth-order valence-corrected chi connectivity index (χ4v) is 42.4. The minimum atomic E-state index is -5.18. The molecular formula is C58H65Cl2SiZr. The fraction of sp³-hybridized carbons (Fsp3) is 0.310. The van der Waals surface area contributed by atoms with Crippen molar-refractivity contribution in [1.29, 1.82) is 0 Å². The topological polar surface area (TPSA) is 0 Å². The molecule has 62 heavy (non-hydrogen) atoms. The van der Waals surface area contributed by atoms with Gasteiger partial charge in [-0.2, -0.15) is 0 Å². The maximum atomic E-state index is 9.20. The van der Waals surface area contributed by atoms with Gasteiger partial charge in [-0.25, -0.2) is 0 Å². The van der Waals surface area contributed by atoms with Crippen molar-refractivity contribution in [3.63, 3.8) is 0 Å². The molecule has 0 aliphatic heterocycles. The zero-order chi connectivity index (χ0) is 43.8. The molecule has 0 fully saturated rings. The summed E-state index contributed by atoms with van der Waals surface area (Å²) in [6.45, 7) is 19.2. The Morgan fingerprint density at radius 1 is 0.484 bits per heavy atom. The van der Waals surface area contributed by atoms with Crippen molar-refractivity contribution in [2.75, 3.05) is 0 Å². The molecule has 0 N–H and O–H groups in total. The number of aryl methyl sites for hydroxylation is 2. The van der Waals surface area contributed by atoms with Crippen molar-refractivity contribution in [3.8, 4) is 44.5 Å². The van der Waals surface area contributed by atoms with Gasteiger partial charge in [0.1, 0.15) is 0 Å². The SMILES string of the molecule is CCCc1ccc2c(c1-c1ccccc1-c1ccccc1)C=C(C(C)CC)[CH]2[Zr]([Cl])([Cl])([CH]1C(C(C)CC)=Cc2c1ccc(CCC)c2-c1ccccc1-c1ccccc1)[SiH](C)C. The van der Waals surface area contributed by atoms with E-state index in [0.717, 1.165) is 38.5 Å². The number of fused-ring (bicyclic) bond motifs is 2. The summed E-state index contributed by atoms with van der Waals surface area (Å²) in [5, 5.41) is 0. The van der Waals surface area contributed by atoms with E-state index in [4.69, 9.17) is 0 Å². The Kier molecular flexibility index (Phi) is 13.5. The van der Waals surface area contributed by atoms with Gasteiger partial charge >= 0.3 is 385 Å². The van der Waals surface area contributed by atoms with Crippen LogP contribution in [0, 0.1) is 11.8 Å². The Morgan fingerprint density at radius 2 is 0.839 bits per heavy atom. The van der Waals surface area contributed by atoms with Crippen LogP contribution in [0.15, 0.2) is 145 Å². The zero-order valence-electron chi connectivity index (χ0n) is 38.2. The molecule has 0 amide bonds. The monoisotopic (exact) mass is 949 g/mol. The molecule has 8 rings (SSSR count). The van der Waals surface area contributed by atoms with Crippen molar-refractivity contribution < 1.29 is 15.6 Å². The second kappa shape index (κ2) is 18.5. The van der Waals surface area contributed by atoms with Crippen molar-refractivity contribution in [2.24, 2.45) is 11.8 Å². The van der Waals surface area contributed by atoms with Crippen molar-refractivity contribution in [1.82, 2.24) is 0 Å². The van der Waals surface area contributed by atoms with Gasteiger partial charge in [-0.3, -0.25) is 0 Å². The summed E-state index contributed by atoms with van der Waals surface area (Å²) in [4.78, 5) is 0. The van der Waals surface area contributed by atoms with Crippen molar-refractivity contribution >= 4 is 35.1 Å². The normalized spacial score (nSPS) is 17.5. The fourth-order valence-electron chi connectivity index (χ4n) is 11.2. The molecule has 0 nitrogen and oxygen atoms in total. The second-order valence-electron chi connectivity index (χ2n) is 18.7. The van der Waals surface area contributed by atoms with E-state index in [2.05, 4.69) is 200 Å². The van der Waals surface area contributed by atoms with Crippen LogP contribution < -0.4 is 0 Å². The third-order valence-corrected chi connectivity index (χ3v) is 66.5. The number of allylic oxidation sites excluding steroid dienone is 2. The molecule has 2 aliphatic carbocycles. The predicted octanol–water partition coefficient (Wildman–Crippen LogP) is 17.9. The van der Waals surface area contributed by atoms with Gasteiger partial charge < -0.3 is 0 Å². The van der Waals surface area contributed by atoms with E-state index >= 15 is 0 Å². The zero-order valence-corrected chi connectivity index (χ0v) is 43.4. The second-order valence-corrected chi connectivity index (χ2v) is 61.2. The van der Waals surface area contributed by atoms with Crippen LogP contribution >= 0.6 is 17.0 Å². The molecule has 319 valence electrons. The average molecular weight is 952 g/mol. The Hall–Kier alpha value is -3.52. The molecule has 4 atom stereocenters. The van der Waals surface area contributed by atoms with Gasteiger partial charge in [0.15, 0.2) is 0 Å². The molecule has 0 heterocycles. The van der Waals surface area contributed by atoms with E-state index in [1.165, 1.54) is 89.0 Å². The van der Waals surface area contributed by atoms with E-state index in [9.17, 15) is 17.0 Å². The third-order valence-electron chi connectivity index (χ3n) is 14.8. The van der Waals surface area contributed by atoms with Gasteiger partial charge in [0.25, 0.3) is 0 Å². The summed E-state index contributed by atoms with van der Waals surface area (Å²) >= 11 is -5.18.